The van der Waals surface area contributed by atoms with Gasteiger partial charge >= 0.3 is 0 Å². The molecule has 0 aliphatic heterocycles. The van der Waals surface area contributed by atoms with Gasteiger partial charge in [-0.15, -0.1) is 0 Å². The molecule has 1 amide bonds. The molecule has 1 unspecified atom stereocenters. The number of ether oxygens (including phenoxy) is 2. The lowest BCUT2D eigenvalue weighted by molar-refractivity contribution is -0.123. The SMILES string of the molecule is COCC(N)C(=O)NCc1ccc(OCCO)cc1. The van der Waals surface area contributed by atoms with Crippen molar-refractivity contribution >= 4 is 5.91 Å². The molecule has 1 atom stereocenters. The number of methoxy groups -OCH3 is 1. The minimum absolute atomic E-state index is 0.0187. The molecular formula is C13H20N2O4. The second-order valence-electron chi connectivity index (χ2n) is 4.00. The second-order valence-corrected chi connectivity index (χ2v) is 4.00. The highest BCUT2D eigenvalue weighted by Crippen LogP contribution is 2.11. The van der Waals surface area contributed by atoms with Gasteiger partial charge in [-0.3, -0.25) is 4.79 Å². The Balaban J connectivity index is 2.39. The molecule has 0 bridgehead atoms. The number of carbonyl (C=O) groups is 1. The topological polar surface area (TPSA) is 93.8 Å². The summed E-state index contributed by atoms with van der Waals surface area (Å²) in [6.45, 7) is 0.841. The number of rotatable bonds is 8. The number of aliphatic hydroxyl groups excluding tert-OH is 1. The predicted octanol–water partition coefficient (Wildman–Crippen LogP) is -0.352. The number of nitrogens with two attached hydrogens (primary N) is 1. The molecule has 0 heterocycles. The Labute approximate surface area is 112 Å². The fourth-order valence-corrected chi connectivity index (χ4v) is 1.44. The molecule has 0 saturated heterocycles. The van der Waals surface area contributed by atoms with E-state index in [0.29, 0.717) is 12.3 Å². The number of hydrogen-bond donors (Lipinski definition) is 3. The minimum atomic E-state index is -0.655. The third kappa shape index (κ3) is 5.69. The van der Waals surface area contributed by atoms with Crippen molar-refractivity contribution in [3.63, 3.8) is 0 Å². The van der Waals surface area contributed by atoms with Crippen LogP contribution in [0.5, 0.6) is 5.75 Å². The summed E-state index contributed by atoms with van der Waals surface area (Å²) in [5, 5.41) is 11.4. The van der Waals surface area contributed by atoms with Gasteiger partial charge in [-0.25, -0.2) is 0 Å². The van der Waals surface area contributed by atoms with Crippen molar-refractivity contribution in [3.05, 3.63) is 29.8 Å². The summed E-state index contributed by atoms with van der Waals surface area (Å²) < 4.78 is 10.0. The van der Waals surface area contributed by atoms with Gasteiger partial charge in [0.05, 0.1) is 13.2 Å². The smallest absolute Gasteiger partial charge is 0.239 e. The first kappa shape index (κ1) is 15.4. The van der Waals surface area contributed by atoms with Crippen LogP contribution >= 0.6 is 0 Å². The van der Waals surface area contributed by atoms with Gasteiger partial charge in [0, 0.05) is 13.7 Å². The van der Waals surface area contributed by atoms with Crippen molar-refractivity contribution in [2.24, 2.45) is 5.73 Å². The minimum Gasteiger partial charge on any atom is -0.491 e. The van der Waals surface area contributed by atoms with E-state index < -0.39 is 6.04 Å². The van der Waals surface area contributed by atoms with E-state index in [-0.39, 0.29) is 25.7 Å². The highest BCUT2D eigenvalue weighted by Gasteiger charge is 2.12. The summed E-state index contributed by atoms with van der Waals surface area (Å²) in [6, 6.07) is 6.60. The van der Waals surface area contributed by atoms with E-state index in [1.165, 1.54) is 7.11 Å². The van der Waals surface area contributed by atoms with Gasteiger partial charge < -0.3 is 25.6 Å². The molecule has 4 N–H and O–H groups in total. The van der Waals surface area contributed by atoms with Gasteiger partial charge in [0.2, 0.25) is 5.91 Å². The normalized spacial score (nSPS) is 11.9. The molecule has 0 saturated carbocycles. The third-order valence-corrected chi connectivity index (χ3v) is 2.43. The molecule has 6 nitrogen and oxygen atoms in total. The van der Waals surface area contributed by atoms with E-state index >= 15 is 0 Å². The second kappa shape index (κ2) is 8.47. The maximum atomic E-state index is 11.5. The summed E-state index contributed by atoms with van der Waals surface area (Å²) in [6.07, 6.45) is 0. The molecule has 19 heavy (non-hydrogen) atoms. The summed E-state index contributed by atoms with van der Waals surface area (Å²) in [5.74, 6) is 0.433. The van der Waals surface area contributed by atoms with Crippen molar-refractivity contribution in [1.82, 2.24) is 5.32 Å². The van der Waals surface area contributed by atoms with Gasteiger partial charge in [0.1, 0.15) is 18.4 Å². The molecule has 0 aliphatic rings. The molecule has 0 fully saturated rings. The maximum Gasteiger partial charge on any atom is 0.239 e. The predicted molar refractivity (Wildman–Crippen MR) is 70.7 cm³/mol. The van der Waals surface area contributed by atoms with Crippen molar-refractivity contribution in [1.29, 1.82) is 0 Å². The van der Waals surface area contributed by atoms with Crippen molar-refractivity contribution in [3.8, 4) is 5.75 Å². The Morgan fingerprint density at radius 1 is 1.42 bits per heavy atom. The lowest BCUT2D eigenvalue weighted by atomic mass is 10.2. The number of nitrogens with one attached hydrogen (secondary N) is 1. The number of aliphatic hydroxyl groups is 1. The zero-order valence-electron chi connectivity index (χ0n) is 11.0. The van der Waals surface area contributed by atoms with Gasteiger partial charge in [-0.1, -0.05) is 12.1 Å². The van der Waals surface area contributed by atoms with Crippen LogP contribution in [0.25, 0.3) is 0 Å². The summed E-state index contributed by atoms with van der Waals surface area (Å²) in [4.78, 5) is 11.5. The zero-order chi connectivity index (χ0) is 14.1. The molecular weight excluding hydrogens is 248 g/mol. The highest BCUT2D eigenvalue weighted by atomic mass is 16.5. The Morgan fingerprint density at radius 3 is 2.68 bits per heavy atom. The maximum absolute atomic E-state index is 11.5. The summed E-state index contributed by atoms with van der Waals surface area (Å²) in [7, 11) is 1.50. The van der Waals surface area contributed by atoms with E-state index in [1.807, 2.05) is 12.1 Å². The third-order valence-electron chi connectivity index (χ3n) is 2.43. The number of carbonyl (C=O) groups excluding carboxylic acids is 1. The average Bonchev–Trinajstić information content (AvgIpc) is 2.43. The Morgan fingerprint density at radius 2 is 2.11 bits per heavy atom. The van der Waals surface area contributed by atoms with Crippen LogP contribution in [0.1, 0.15) is 5.56 Å². The standard InChI is InChI=1S/C13H20N2O4/c1-18-9-12(14)13(17)15-8-10-2-4-11(5-3-10)19-7-6-16/h2-5,12,16H,6-9,14H2,1H3,(H,15,17). The monoisotopic (exact) mass is 268 g/mol. The number of benzene rings is 1. The van der Waals surface area contributed by atoms with E-state index in [2.05, 4.69) is 5.32 Å². The van der Waals surface area contributed by atoms with Gasteiger partial charge in [0.25, 0.3) is 0 Å². The summed E-state index contributed by atoms with van der Waals surface area (Å²) in [5.41, 5.74) is 6.53. The quantitative estimate of drug-likeness (QED) is 0.599. The van der Waals surface area contributed by atoms with Gasteiger partial charge in [-0.05, 0) is 17.7 Å². The van der Waals surface area contributed by atoms with E-state index in [9.17, 15) is 4.79 Å². The Bertz CT molecular complexity index is 381. The van der Waals surface area contributed by atoms with Crippen LogP contribution in [-0.2, 0) is 16.1 Å². The number of amides is 1. The Hall–Kier alpha value is -1.63. The van der Waals surface area contributed by atoms with Crippen LogP contribution in [0.2, 0.25) is 0 Å². The van der Waals surface area contributed by atoms with Gasteiger partial charge in [0.15, 0.2) is 0 Å². The van der Waals surface area contributed by atoms with Crippen molar-refractivity contribution in [2.45, 2.75) is 12.6 Å². The molecule has 1 rings (SSSR count). The average molecular weight is 268 g/mol. The first-order valence-electron chi connectivity index (χ1n) is 6.02. The van der Waals surface area contributed by atoms with Gasteiger partial charge in [-0.2, -0.15) is 0 Å². The molecule has 0 aromatic heterocycles. The van der Waals surface area contributed by atoms with Crippen LogP contribution in [0.4, 0.5) is 0 Å². The molecule has 0 spiro atoms. The van der Waals surface area contributed by atoms with E-state index in [1.54, 1.807) is 12.1 Å². The van der Waals surface area contributed by atoms with Crippen LogP contribution in [0, 0.1) is 0 Å². The van der Waals surface area contributed by atoms with Crippen LogP contribution in [0.15, 0.2) is 24.3 Å². The first-order chi connectivity index (χ1) is 9.17. The van der Waals surface area contributed by atoms with Crippen LogP contribution in [0.3, 0.4) is 0 Å². The van der Waals surface area contributed by atoms with E-state index in [0.717, 1.165) is 5.56 Å². The molecule has 1 aromatic rings. The first-order valence-corrected chi connectivity index (χ1v) is 6.02. The largest absolute Gasteiger partial charge is 0.491 e. The summed E-state index contributed by atoms with van der Waals surface area (Å²) >= 11 is 0. The fraction of sp³-hybridized carbons (Fsp3) is 0.462. The molecule has 1 aromatic carbocycles. The lowest BCUT2D eigenvalue weighted by Crippen LogP contribution is -2.43. The molecule has 106 valence electrons. The van der Waals surface area contributed by atoms with Crippen molar-refractivity contribution < 1.29 is 19.4 Å². The Kier molecular flexibility index (Phi) is 6.88. The highest BCUT2D eigenvalue weighted by molar-refractivity contribution is 5.81. The van der Waals surface area contributed by atoms with Crippen LogP contribution in [-0.4, -0.2) is 44.0 Å². The molecule has 0 aliphatic carbocycles. The van der Waals surface area contributed by atoms with Crippen molar-refractivity contribution in [2.75, 3.05) is 26.9 Å². The molecule has 0 radical (unpaired) electrons. The zero-order valence-corrected chi connectivity index (χ0v) is 11.0. The lowest BCUT2D eigenvalue weighted by Gasteiger charge is -2.11. The van der Waals surface area contributed by atoms with E-state index in [4.69, 9.17) is 20.3 Å². The number of hydrogen-bond acceptors (Lipinski definition) is 5. The fourth-order valence-electron chi connectivity index (χ4n) is 1.44. The van der Waals surface area contributed by atoms with Crippen LogP contribution < -0.4 is 15.8 Å². The molecule has 6 heteroatoms.